The average Bonchev–Trinajstić information content (AvgIpc) is 3.25. The quantitative estimate of drug-likeness (QED) is 0.413. The maximum atomic E-state index is 13.7. The van der Waals surface area contributed by atoms with Crippen molar-refractivity contribution in [3.63, 3.8) is 0 Å². The summed E-state index contributed by atoms with van der Waals surface area (Å²) in [6, 6.07) is 20.5. The van der Waals surface area contributed by atoms with E-state index in [2.05, 4.69) is 10.6 Å². The lowest BCUT2D eigenvalue weighted by Crippen LogP contribution is -2.31. The highest BCUT2D eigenvalue weighted by Crippen LogP contribution is 2.45. The molecule has 0 saturated carbocycles. The van der Waals surface area contributed by atoms with E-state index in [0.29, 0.717) is 40.2 Å². The molecular weight excluding hydrogens is 444 g/mol. The van der Waals surface area contributed by atoms with Gasteiger partial charge in [-0.25, -0.2) is 4.98 Å². The van der Waals surface area contributed by atoms with E-state index in [-0.39, 0.29) is 5.91 Å². The summed E-state index contributed by atoms with van der Waals surface area (Å²) in [5.41, 5.74) is 4.49. The van der Waals surface area contributed by atoms with Gasteiger partial charge in [-0.2, -0.15) is 0 Å². The van der Waals surface area contributed by atoms with Crippen LogP contribution >= 0.6 is 0 Å². The number of carbonyl (C=O) groups is 1. The Morgan fingerprint density at radius 2 is 1.60 bits per heavy atom. The van der Waals surface area contributed by atoms with Crippen LogP contribution in [-0.4, -0.2) is 36.8 Å². The molecule has 1 atom stereocenters. The van der Waals surface area contributed by atoms with Crippen LogP contribution in [0.2, 0.25) is 0 Å². The molecule has 4 aromatic rings. The molecule has 1 aromatic heterocycles. The number of benzene rings is 3. The van der Waals surface area contributed by atoms with Crippen LogP contribution in [0.5, 0.6) is 17.2 Å². The fraction of sp³-hybridized carbons (Fsp3) is 0.185. The fourth-order valence-corrected chi connectivity index (χ4v) is 4.55. The Balaban J connectivity index is 1.73. The first-order chi connectivity index (χ1) is 17.0. The molecule has 0 saturated heterocycles. The Hall–Kier alpha value is -4.46. The van der Waals surface area contributed by atoms with E-state index in [1.165, 1.54) is 0 Å². The molecule has 1 aliphatic heterocycles. The predicted molar refractivity (Wildman–Crippen MR) is 135 cm³/mol. The zero-order chi connectivity index (χ0) is 24.5. The summed E-state index contributed by atoms with van der Waals surface area (Å²) in [5.74, 6) is 1.93. The van der Waals surface area contributed by atoms with E-state index in [1.54, 1.807) is 21.3 Å². The Morgan fingerprint density at radius 1 is 0.943 bits per heavy atom. The number of methoxy groups -OCH3 is 3. The second kappa shape index (κ2) is 9.06. The van der Waals surface area contributed by atoms with E-state index in [1.807, 2.05) is 78.2 Å². The molecule has 8 nitrogen and oxygen atoms in total. The van der Waals surface area contributed by atoms with Crippen molar-refractivity contribution in [3.05, 3.63) is 83.6 Å². The number of nitrogens with zero attached hydrogens (tertiary/aromatic N) is 2. The molecule has 1 amide bonds. The number of imidazole rings is 1. The molecule has 0 bridgehead atoms. The van der Waals surface area contributed by atoms with E-state index < -0.39 is 6.04 Å². The van der Waals surface area contributed by atoms with Gasteiger partial charge in [0.1, 0.15) is 0 Å². The predicted octanol–water partition coefficient (Wildman–Crippen LogP) is 4.99. The SMILES string of the molecule is COc1cc([C@@H]2C(C(=O)Nc3ccccc3)=C(C)Nc3nc4ccccc4n32)cc(OC)c1OC. The van der Waals surface area contributed by atoms with Crippen molar-refractivity contribution in [1.82, 2.24) is 9.55 Å². The lowest BCUT2D eigenvalue weighted by atomic mass is 9.93. The van der Waals surface area contributed by atoms with Crippen LogP contribution in [-0.2, 0) is 4.79 Å². The summed E-state index contributed by atoms with van der Waals surface area (Å²) >= 11 is 0. The van der Waals surface area contributed by atoms with Crippen molar-refractivity contribution in [2.75, 3.05) is 32.0 Å². The topological polar surface area (TPSA) is 86.6 Å². The highest BCUT2D eigenvalue weighted by molar-refractivity contribution is 6.06. The molecule has 0 spiro atoms. The second-order valence-corrected chi connectivity index (χ2v) is 8.14. The van der Waals surface area contributed by atoms with Crippen molar-refractivity contribution < 1.29 is 19.0 Å². The number of hydrogen-bond acceptors (Lipinski definition) is 6. The standard InChI is InChI=1S/C27H26N4O4/c1-16-23(26(32)29-18-10-6-5-7-11-18)24(17-14-21(33-2)25(35-4)22(15-17)34-3)31-20-13-9-8-12-19(20)30-27(31)28-16/h5-15,24H,1-4H3,(H,28,30)(H,29,32)/t24-/m1/s1. The summed E-state index contributed by atoms with van der Waals surface area (Å²) < 4.78 is 18.8. The number of nitrogens with one attached hydrogen (secondary N) is 2. The number of hydrogen-bond donors (Lipinski definition) is 2. The molecule has 3 aromatic carbocycles. The van der Waals surface area contributed by atoms with Gasteiger partial charge in [-0.1, -0.05) is 30.3 Å². The van der Waals surface area contributed by atoms with Crippen LogP contribution < -0.4 is 24.8 Å². The lowest BCUT2D eigenvalue weighted by molar-refractivity contribution is -0.113. The normalized spacial score (nSPS) is 14.8. The molecule has 0 fully saturated rings. The van der Waals surface area contributed by atoms with Crippen LogP contribution in [0.15, 0.2) is 78.0 Å². The zero-order valence-corrected chi connectivity index (χ0v) is 20.0. The third-order valence-electron chi connectivity index (χ3n) is 6.11. The molecule has 0 unspecified atom stereocenters. The zero-order valence-electron chi connectivity index (χ0n) is 20.0. The highest BCUT2D eigenvalue weighted by atomic mass is 16.5. The Kier molecular flexibility index (Phi) is 5.78. The van der Waals surface area contributed by atoms with E-state index in [9.17, 15) is 4.79 Å². The number of aromatic nitrogens is 2. The maximum Gasteiger partial charge on any atom is 0.255 e. The fourth-order valence-electron chi connectivity index (χ4n) is 4.55. The van der Waals surface area contributed by atoms with Gasteiger partial charge >= 0.3 is 0 Å². The second-order valence-electron chi connectivity index (χ2n) is 8.14. The minimum absolute atomic E-state index is 0.219. The van der Waals surface area contributed by atoms with Crippen LogP contribution in [0, 0.1) is 0 Å². The van der Waals surface area contributed by atoms with Gasteiger partial charge < -0.3 is 24.8 Å². The summed E-state index contributed by atoms with van der Waals surface area (Å²) in [6.07, 6.45) is 0. The van der Waals surface area contributed by atoms with Gasteiger partial charge in [0.2, 0.25) is 11.7 Å². The molecule has 5 rings (SSSR count). The third-order valence-corrected chi connectivity index (χ3v) is 6.11. The Labute approximate surface area is 203 Å². The summed E-state index contributed by atoms with van der Waals surface area (Å²) in [6.45, 7) is 1.88. The molecule has 2 N–H and O–H groups in total. The molecular formula is C27H26N4O4. The number of allylic oxidation sites excluding steroid dienone is 1. The highest BCUT2D eigenvalue weighted by Gasteiger charge is 2.35. The molecule has 2 heterocycles. The van der Waals surface area contributed by atoms with Crippen molar-refractivity contribution in [2.45, 2.75) is 13.0 Å². The van der Waals surface area contributed by atoms with Gasteiger partial charge in [0, 0.05) is 11.4 Å². The van der Waals surface area contributed by atoms with Gasteiger partial charge in [-0.3, -0.25) is 9.36 Å². The number of para-hydroxylation sites is 3. The minimum atomic E-state index is -0.504. The monoisotopic (exact) mass is 470 g/mol. The van der Waals surface area contributed by atoms with Crippen molar-refractivity contribution in [1.29, 1.82) is 0 Å². The number of carbonyl (C=O) groups excluding carboxylic acids is 1. The van der Waals surface area contributed by atoms with E-state index in [0.717, 1.165) is 16.6 Å². The van der Waals surface area contributed by atoms with Gasteiger partial charge in [0.15, 0.2) is 11.5 Å². The van der Waals surface area contributed by atoms with E-state index in [4.69, 9.17) is 19.2 Å². The number of ether oxygens (including phenoxy) is 3. The lowest BCUT2D eigenvalue weighted by Gasteiger charge is -2.31. The van der Waals surface area contributed by atoms with Crippen LogP contribution in [0.1, 0.15) is 18.5 Å². The first-order valence-electron chi connectivity index (χ1n) is 11.2. The first-order valence-corrected chi connectivity index (χ1v) is 11.2. The molecule has 35 heavy (non-hydrogen) atoms. The first kappa shape index (κ1) is 22.3. The van der Waals surface area contributed by atoms with Gasteiger partial charge in [-0.05, 0) is 48.9 Å². The number of anilines is 2. The van der Waals surface area contributed by atoms with Gasteiger partial charge in [0.25, 0.3) is 5.91 Å². The number of amides is 1. The summed E-state index contributed by atoms with van der Waals surface area (Å²) in [7, 11) is 4.71. The number of fused-ring (bicyclic) bond motifs is 3. The van der Waals surface area contributed by atoms with Crippen molar-refractivity contribution in [2.24, 2.45) is 0 Å². The molecule has 8 heteroatoms. The van der Waals surface area contributed by atoms with Crippen LogP contribution in [0.3, 0.4) is 0 Å². The smallest absolute Gasteiger partial charge is 0.255 e. The Morgan fingerprint density at radius 3 is 2.26 bits per heavy atom. The Bertz CT molecular complexity index is 1420. The summed E-state index contributed by atoms with van der Waals surface area (Å²) in [4.78, 5) is 18.5. The minimum Gasteiger partial charge on any atom is -0.493 e. The third kappa shape index (κ3) is 3.82. The van der Waals surface area contributed by atoms with Gasteiger partial charge in [0.05, 0.1) is 44.0 Å². The maximum absolute atomic E-state index is 13.7. The van der Waals surface area contributed by atoms with Gasteiger partial charge in [-0.15, -0.1) is 0 Å². The van der Waals surface area contributed by atoms with Crippen LogP contribution in [0.4, 0.5) is 11.6 Å². The molecule has 0 radical (unpaired) electrons. The molecule has 178 valence electrons. The number of rotatable bonds is 6. The summed E-state index contributed by atoms with van der Waals surface area (Å²) in [5, 5.41) is 6.36. The largest absolute Gasteiger partial charge is 0.493 e. The van der Waals surface area contributed by atoms with Crippen molar-refractivity contribution in [3.8, 4) is 17.2 Å². The van der Waals surface area contributed by atoms with Crippen LogP contribution in [0.25, 0.3) is 11.0 Å². The van der Waals surface area contributed by atoms with E-state index >= 15 is 0 Å². The molecule has 1 aliphatic rings. The average molecular weight is 471 g/mol. The van der Waals surface area contributed by atoms with Crippen molar-refractivity contribution >= 4 is 28.6 Å². The molecule has 0 aliphatic carbocycles.